The maximum Gasteiger partial charge on any atom is 0.172 e. The molecule has 0 amide bonds. The van der Waals surface area contributed by atoms with E-state index in [1.54, 1.807) is 10.9 Å². The molecular formula is C14H19N5. The molecule has 0 radical (unpaired) electrons. The third-order valence-corrected chi connectivity index (χ3v) is 3.26. The highest BCUT2D eigenvalue weighted by Crippen LogP contribution is 2.19. The lowest BCUT2D eigenvalue weighted by atomic mass is 10.1. The maximum absolute atomic E-state index is 4.59. The van der Waals surface area contributed by atoms with Gasteiger partial charge in [0.15, 0.2) is 5.82 Å². The minimum atomic E-state index is 0.425. The lowest BCUT2D eigenvalue weighted by Crippen LogP contribution is -2.17. The lowest BCUT2D eigenvalue weighted by molar-refractivity contribution is 0.665. The van der Waals surface area contributed by atoms with Crippen LogP contribution < -0.4 is 5.32 Å². The molecule has 0 aliphatic heterocycles. The van der Waals surface area contributed by atoms with Crippen molar-refractivity contribution in [3.05, 3.63) is 36.0 Å². The van der Waals surface area contributed by atoms with Crippen LogP contribution in [-0.4, -0.2) is 25.8 Å². The third-order valence-electron chi connectivity index (χ3n) is 3.26. The first-order chi connectivity index (χ1) is 9.22. The number of hydrogen-bond acceptors (Lipinski definition) is 4. The summed E-state index contributed by atoms with van der Waals surface area (Å²) >= 11 is 0. The van der Waals surface area contributed by atoms with Crippen LogP contribution in [0.5, 0.6) is 0 Å². The Morgan fingerprint density at radius 3 is 2.89 bits per heavy atom. The van der Waals surface area contributed by atoms with Crippen LogP contribution in [0, 0.1) is 0 Å². The summed E-state index contributed by atoms with van der Waals surface area (Å²) in [5, 5.41) is 7.97. The standard InChI is InChI=1S/C14H19N5/c1-10(2)13-5-6-19(18-13)14-9-15-7-12(17-14)8-16-11-3-4-11/h5-7,9-11,16H,3-4,8H2,1-2H3. The van der Waals surface area contributed by atoms with Crippen molar-refractivity contribution in [1.29, 1.82) is 0 Å². The van der Waals surface area contributed by atoms with Crippen molar-refractivity contribution < 1.29 is 0 Å². The molecule has 2 aromatic rings. The van der Waals surface area contributed by atoms with Crippen LogP contribution in [0.1, 0.15) is 44.0 Å². The largest absolute Gasteiger partial charge is 0.308 e. The highest BCUT2D eigenvalue weighted by atomic mass is 15.3. The van der Waals surface area contributed by atoms with Gasteiger partial charge < -0.3 is 5.32 Å². The van der Waals surface area contributed by atoms with E-state index in [1.807, 2.05) is 18.5 Å². The summed E-state index contributed by atoms with van der Waals surface area (Å²) in [6.45, 7) is 5.05. The van der Waals surface area contributed by atoms with Crippen LogP contribution in [0.25, 0.3) is 5.82 Å². The van der Waals surface area contributed by atoms with Crippen molar-refractivity contribution in [3.8, 4) is 5.82 Å². The van der Waals surface area contributed by atoms with Crippen LogP contribution in [0.4, 0.5) is 0 Å². The van der Waals surface area contributed by atoms with Gasteiger partial charge in [0, 0.05) is 25.0 Å². The quantitative estimate of drug-likeness (QED) is 0.890. The number of rotatable bonds is 5. The molecule has 0 aromatic carbocycles. The van der Waals surface area contributed by atoms with Gasteiger partial charge in [0.05, 0.1) is 17.6 Å². The molecule has 5 heteroatoms. The van der Waals surface area contributed by atoms with Gasteiger partial charge in [0.25, 0.3) is 0 Å². The molecule has 1 aliphatic rings. The zero-order chi connectivity index (χ0) is 13.2. The Bertz CT molecular complexity index is 556. The molecule has 1 saturated carbocycles. The molecule has 3 rings (SSSR count). The maximum atomic E-state index is 4.59. The second-order valence-electron chi connectivity index (χ2n) is 5.36. The van der Waals surface area contributed by atoms with Gasteiger partial charge >= 0.3 is 0 Å². The Morgan fingerprint density at radius 2 is 2.21 bits per heavy atom. The molecule has 0 saturated heterocycles. The van der Waals surface area contributed by atoms with E-state index in [-0.39, 0.29) is 0 Å². The van der Waals surface area contributed by atoms with Crippen molar-refractivity contribution in [2.24, 2.45) is 0 Å². The number of nitrogens with zero attached hydrogens (tertiary/aromatic N) is 4. The predicted octanol–water partition coefficient (Wildman–Crippen LogP) is 2.04. The summed E-state index contributed by atoms with van der Waals surface area (Å²) in [6.07, 6.45) is 8.06. The predicted molar refractivity (Wildman–Crippen MR) is 73.1 cm³/mol. The van der Waals surface area contributed by atoms with Gasteiger partial charge in [-0.2, -0.15) is 5.10 Å². The van der Waals surface area contributed by atoms with E-state index in [2.05, 4.69) is 34.2 Å². The lowest BCUT2D eigenvalue weighted by Gasteiger charge is -2.05. The molecule has 2 aromatic heterocycles. The zero-order valence-electron chi connectivity index (χ0n) is 11.4. The average molecular weight is 257 g/mol. The minimum absolute atomic E-state index is 0.425. The van der Waals surface area contributed by atoms with Crippen LogP contribution in [0.15, 0.2) is 24.7 Å². The summed E-state index contributed by atoms with van der Waals surface area (Å²) in [4.78, 5) is 8.84. The van der Waals surface area contributed by atoms with Crippen molar-refractivity contribution in [3.63, 3.8) is 0 Å². The fourth-order valence-corrected chi connectivity index (χ4v) is 1.90. The van der Waals surface area contributed by atoms with Gasteiger partial charge in [-0.25, -0.2) is 9.67 Å². The molecule has 5 nitrogen and oxygen atoms in total. The van der Waals surface area contributed by atoms with E-state index < -0.39 is 0 Å². The van der Waals surface area contributed by atoms with E-state index in [0.717, 1.165) is 23.8 Å². The first kappa shape index (κ1) is 12.3. The second kappa shape index (κ2) is 5.09. The van der Waals surface area contributed by atoms with Gasteiger partial charge in [-0.1, -0.05) is 13.8 Å². The van der Waals surface area contributed by atoms with E-state index in [4.69, 9.17) is 0 Å². The van der Waals surface area contributed by atoms with Gasteiger partial charge in [0.1, 0.15) is 0 Å². The third kappa shape index (κ3) is 2.98. The molecule has 0 atom stereocenters. The molecule has 2 heterocycles. The van der Waals surface area contributed by atoms with Crippen molar-refractivity contribution in [1.82, 2.24) is 25.1 Å². The second-order valence-corrected chi connectivity index (χ2v) is 5.36. The topological polar surface area (TPSA) is 55.6 Å². The van der Waals surface area contributed by atoms with Crippen LogP contribution in [0.2, 0.25) is 0 Å². The van der Waals surface area contributed by atoms with E-state index in [0.29, 0.717) is 12.0 Å². The molecule has 1 aliphatic carbocycles. The Labute approximate surface area is 113 Å². The van der Waals surface area contributed by atoms with Crippen molar-refractivity contribution in [2.45, 2.75) is 45.2 Å². The highest BCUT2D eigenvalue weighted by Gasteiger charge is 2.20. The van der Waals surface area contributed by atoms with Crippen LogP contribution >= 0.6 is 0 Å². The van der Waals surface area contributed by atoms with Gasteiger partial charge in [0.2, 0.25) is 0 Å². The molecule has 1 N–H and O–H groups in total. The van der Waals surface area contributed by atoms with Crippen LogP contribution in [0.3, 0.4) is 0 Å². The molecule has 0 unspecified atom stereocenters. The van der Waals surface area contributed by atoms with Crippen molar-refractivity contribution in [2.75, 3.05) is 0 Å². The summed E-state index contributed by atoms with van der Waals surface area (Å²) in [5.41, 5.74) is 2.04. The average Bonchev–Trinajstić information content (AvgIpc) is 3.10. The fourth-order valence-electron chi connectivity index (χ4n) is 1.90. The minimum Gasteiger partial charge on any atom is -0.308 e. The van der Waals surface area contributed by atoms with E-state index in [1.165, 1.54) is 12.8 Å². The summed E-state index contributed by atoms with van der Waals surface area (Å²) in [5.74, 6) is 1.20. The Kier molecular flexibility index (Phi) is 3.29. The molecule has 0 spiro atoms. The van der Waals surface area contributed by atoms with Crippen LogP contribution in [-0.2, 0) is 6.54 Å². The fraction of sp³-hybridized carbons (Fsp3) is 0.500. The van der Waals surface area contributed by atoms with Gasteiger partial charge in [-0.05, 0) is 24.8 Å². The molecule has 100 valence electrons. The number of hydrogen-bond donors (Lipinski definition) is 1. The Balaban J connectivity index is 1.76. The molecule has 1 fully saturated rings. The number of nitrogens with one attached hydrogen (secondary N) is 1. The Hall–Kier alpha value is -1.75. The zero-order valence-corrected chi connectivity index (χ0v) is 11.4. The van der Waals surface area contributed by atoms with E-state index >= 15 is 0 Å². The normalized spacial score (nSPS) is 15.1. The highest BCUT2D eigenvalue weighted by molar-refractivity contribution is 5.20. The van der Waals surface area contributed by atoms with E-state index in [9.17, 15) is 0 Å². The summed E-state index contributed by atoms with van der Waals surface area (Å²) < 4.78 is 1.79. The SMILES string of the molecule is CC(C)c1ccn(-c2cncc(CNC3CC3)n2)n1. The van der Waals surface area contributed by atoms with Crippen molar-refractivity contribution >= 4 is 0 Å². The summed E-state index contributed by atoms with van der Waals surface area (Å²) in [6, 6.07) is 2.71. The first-order valence-corrected chi connectivity index (χ1v) is 6.82. The molecular weight excluding hydrogens is 238 g/mol. The number of aromatic nitrogens is 4. The summed E-state index contributed by atoms with van der Waals surface area (Å²) in [7, 11) is 0. The molecule has 0 bridgehead atoms. The smallest absolute Gasteiger partial charge is 0.172 e. The molecule has 19 heavy (non-hydrogen) atoms. The van der Waals surface area contributed by atoms with Gasteiger partial charge in [-0.3, -0.25) is 4.98 Å². The van der Waals surface area contributed by atoms with Gasteiger partial charge in [-0.15, -0.1) is 0 Å². The Morgan fingerprint density at radius 1 is 1.37 bits per heavy atom. The monoisotopic (exact) mass is 257 g/mol. The first-order valence-electron chi connectivity index (χ1n) is 6.82.